The van der Waals surface area contributed by atoms with E-state index in [0.717, 1.165) is 0 Å². The Balaban J connectivity index is 2.32. The van der Waals surface area contributed by atoms with Gasteiger partial charge < -0.3 is 5.32 Å². The molecular weight excluding hydrogens is 295 g/mol. The summed E-state index contributed by atoms with van der Waals surface area (Å²) in [7, 11) is 0. The van der Waals surface area contributed by atoms with Gasteiger partial charge in [-0.3, -0.25) is 14.6 Å². The quantitative estimate of drug-likeness (QED) is 0.522. The molecule has 0 bridgehead atoms. The molecule has 4 nitrogen and oxygen atoms in total. The van der Waals surface area contributed by atoms with E-state index in [1.807, 2.05) is 0 Å². The molecule has 0 spiro atoms. The van der Waals surface area contributed by atoms with E-state index >= 15 is 0 Å². The highest BCUT2D eigenvalue weighted by molar-refractivity contribution is 6.26. The first-order valence-electron chi connectivity index (χ1n) is 7.20. The molecule has 23 heavy (non-hydrogen) atoms. The zero-order valence-corrected chi connectivity index (χ0v) is 12.9. The van der Waals surface area contributed by atoms with Crippen molar-refractivity contribution in [2.45, 2.75) is 13.8 Å². The molecule has 0 saturated carbocycles. The first-order valence-corrected chi connectivity index (χ1v) is 7.20. The van der Waals surface area contributed by atoms with Gasteiger partial charge in [-0.1, -0.05) is 19.9 Å². The third kappa shape index (κ3) is 4.57. The number of Topliss-reactive ketones (excluding diaryl/α,β-unsaturated/α-hetero) is 1. The normalized spacial score (nSPS) is 11.4. The lowest BCUT2D eigenvalue weighted by molar-refractivity contribution is -0.121. The molecule has 0 radical (unpaired) electrons. The van der Waals surface area contributed by atoms with Crippen LogP contribution in [0.3, 0.4) is 0 Å². The minimum atomic E-state index is -0.564. The second-order valence-corrected chi connectivity index (χ2v) is 5.32. The Hall–Kier alpha value is -2.82. The highest BCUT2D eigenvalue weighted by Crippen LogP contribution is 2.16. The number of pyridine rings is 1. The van der Waals surface area contributed by atoms with Crippen LogP contribution in [-0.4, -0.2) is 16.7 Å². The summed E-state index contributed by atoms with van der Waals surface area (Å²) in [6.45, 7) is 3.44. The maximum atomic E-state index is 13.2. The number of nitrogens with one attached hydrogen (secondary N) is 1. The number of halogens is 1. The summed E-state index contributed by atoms with van der Waals surface area (Å²) < 4.78 is 13.2. The zero-order chi connectivity index (χ0) is 16.8. The smallest absolute Gasteiger partial charge is 0.259 e. The molecule has 1 aromatic carbocycles. The number of rotatable bonds is 5. The lowest BCUT2D eigenvalue weighted by Crippen LogP contribution is -2.23. The summed E-state index contributed by atoms with van der Waals surface area (Å²) in [6, 6.07) is 8.92. The molecule has 1 N–H and O–H groups in total. The van der Waals surface area contributed by atoms with E-state index in [1.54, 1.807) is 44.4 Å². The van der Waals surface area contributed by atoms with Crippen LogP contribution >= 0.6 is 0 Å². The van der Waals surface area contributed by atoms with Gasteiger partial charge in [0.05, 0.1) is 5.57 Å². The Morgan fingerprint density at radius 3 is 2.48 bits per heavy atom. The SMILES string of the molecule is CC(C)C(=O)C(=Cc1ccncc1)C(=O)Nc1cccc(F)c1. The highest BCUT2D eigenvalue weighted by Gasteiger charge is 2.21. The molecular formula is C18H17FN2O2. The van der Waals surface area contributed by atoms with Crippen LogP contribution in [0, 0.1) is 11.7 Å². The van der Waals surface area contributed by atoms with Gasteiger partial charge in [-0.15, -0.1) is 0 Å². The van der Waals surface area contributed by atoms with E-state index in [-0.39, 0.29) is 17.3 Å². The van der Waals surface area contributed by atoms with E-state index in [9.17, 15) is 14.0 Å². The van der Waals surface area contributed by atoms with Crippen LogP contribution in [0.25, 0.3) is 6.08 Å². The number of ketones is 1. The molecule has 1 aromatic heterocycles. The second-order valence-electron chi connectivity index (χ2n) is 5.32. The largest absolute Gasteiger partial charge is 0.322 e. The molecule has 0 fully saturated rings. The number of amides is 1. The molecule has 0 unspecified atom stereocenters. The molecule has 0 aliphatic heterocycles. The van der Waals surface area contributed by atoms with Gasteiger partial charge in [0.2, 0.25) is 0 Å². The Labute approximate surface area is 134 Å². The molecule has 1 heterocycles. The van der Waals surface area contributed by atoms with Crippen LogP contribution in [0.1, 0.15) is 19.4 Å². The van der Waals surface area contributed by atoms with Crippen LogP contribution in [0.4, 0.5) is 10.1 Å². The van der Waals surface area contributed by atoms with Gasteiger partial charge in [-0.25, -0.2) is 4.39 Å². The van der Waals surface area contributed by atoms with Crippen LogP contribution in [-0.2, 0) is 9.59 Å². The van der Waals surface area contributed by atoms with Gasteiger partial charge in [-0.2, -0.15) is 0 Å². The van der Waals surface area contributed by atoms with Crippen molar-refractivity contribution in [2.24, 2.45) is 5.92 Å². The Kier molecular flexibility index (Phi) is 5.36. The monoisotopic (exact) mass is 312 g/mol. The molecule has 0 saturated heterocycles. The fourth-order valence-electron chi connectivity index (χ4n) is 1.95. The maximum Gasteiger partial charge on any atom is 0.259 e. The summed E-state index contributed by atoms with van der Waals surface area (Å²) >= 11 is 0. The number of hydrogen-bond acceptors (Lipinski definition) is 3. The summed E-state index contributed by atoms with van der Waals surface area (Å²) in [4.78, 5) is 28.7. The first-order chi connectivity index (χ1) is 11.0. The second kappa shape index (κ2) is 7.45. The molecule has 0 aliphatic carbocycles. The van der Waals surface area contributed by atoms with Crippen molar-refractivity contribution >= 4 is 23.5 Å². The molecule has 2 rings (SSSR count). The summed E-state index contributed by atoms with van der Waals surface area (Å²) in [6.07, 6.45) is 4.67. The average Bonchev–Trinajstić information content (AvgIpc) is 2.52. The van der Waals surface area contributed by atoms with Crippen molar-refractivity contribution in [3.63, 3.8) is 0 Å². The first kappa shape index (κ1) is 16.5. The van der Waals surface area contributed by atoms with E-state index in [1.165, 1.54) is 24.3 Å². The van der Waals surface area contributed by atoms with Crippen LogP contribution in [0.5, 0.6) is 0 Å². The summed E-state index contributed by atoms with van der Waals surface area (Å²) in [5.74, 6) is -1.64. The van der Waals surface area contributed by atoms with E-state index in [4.69, 9.17) is 0 Å². The Morgan fingerprint density at radius 1 is 1.17 bits per heavy atom. The van der Waals surface area contributed by atoms with Gasteiger partial charge in [0.25, 0.3) is 5.91 Å². The molecule has 118 valence electrons. The predicted octanol–water partition coefficient (Wildman–Crippen LogP) is 3.47. The number of hydrogen-bond donors (Lipinski definition) is 1. The van der Waals surface area contributed by atoms with Crippen molar-refractivity contribution in [1.29, 1.82) is 0 Å². The van der Waals surface area contributed by atoms with Gasteiger partial charge in [0.15, 0.2) is 5.78 Å². The fraction of sp³-hybridized carbons (Fsp3) is 0.167. The molecule has 2 aromatic rings. The predicted molar refractivity (Wildman–Crippen MR) is 87.1 cm³/mol. The highest BCUT2D eigenvalue weighted by atomic mass is 19.1. The number of carbonyl (C=O) groups is 2. The number of aromatic nitrogens is 1. The minimum Gasteiger partial charge on any atom is -0.322 e. The zero-order valence-electron chi connectivity index (χ0n) is 12.9. The summed E-state index contributed by atoms with van der Waals surface area (Å²) in [5, 5.41) is 2.56. The Morgan fingerprint density at radius 2 is 1.87 bits per heavy atom. The lowest BCUT2D eigenvalue weighted by Gasteiger charge is -2.10. The van der Waals surface area contributed by atoms with Crippen molar-refractivity contribution in [3.05, 3.63) is 65.7 Å². The fourth-order valence-corrected chi connectivity index (χ4v) is 1.95. The Bertz CT molecular complexity index is 740. The third-order valence-corrected chi connectivity index (χ3v) is 3.13. The molecule has 1 amide bonds. The molecule has 5 heteroatoms. The summed E-state index contributed by atoms with van der Waals surface area (Å²) in [5.41, 5.74) is 1.01. The van der Waals surface area contributed by atoms with Crippen molar-refractivity contribution in [3.8, 4) is 0 Å². The maximum absolute atomic E-state index is 13.2. The molecule has 0 atom stereocenters. The van der Waals surface area contributed by atoms with E-state index in [0.29, 0.717) is 11.3 Å². The molecule has 0 aliphatic rings. The third-order valence-electron chi connectivity index (χ3n) is 3.13. The van der Waals surface area contributed by atoms with Crippen LogP contribution < -0.4 is 5.32 Å². The van der Waals surface area contributed by atoms with Crippen LogP contribution in [0.2, 0.25) is 0 Å². The minimum absolute atomic E-state index is 0.0236. The topological polar surface area (TPSA) is 59.1 Å². The van der Waals surface area contributed by atoms with E-state index < -0.39 is 11.7 Å². The lowest BCUT2D eigenvalue weighted by atomic mass is 9.98. The van der Waals surface area contributed by atoms with Gasteiger partial charge >= 0.3 is 0 Å². The standard InChI is InChI=1S/C18H17FN2O2/c1-12(2)17(22)16(10-13-6-8-20-9-7-13)18(23)21-15-5-3-4-14(19)11-15/h3-12H,1-2H3,(H,21,23). The van der Waals surface area contributed by atoms with Crippen LogP contribution in [0.15, 0.2) is 54.4 Å². The van der Waals surface area contributed by atoms with Crippen molar-refractivity contribution in [1.82, 2.24) is 4.98 Å². The van der Waals surface area contributed by atoms with Crippen molar-refractivity contribution < 1.29 is 14.0 Å². The van der Waals surface area contributed by atoms with Crippen molar-refractivity contribution in [2.75, 3.05) is 5.32 Å². The number of anilines is 1. The van der Waals surface area contributed by atoms with Gasteiger partial charge in [0, 0.05) is 24.0 Å². The number of benzene rings is 1. The van der Waals surface area contributed by atoms with Gasteiger partial charge in [-0.05, 0) is 42.0 Å². The average molecular weight is 312 g/mol. The van der Waals surface area contributed by atoms with E-state index in [2.05, 4.69) is 10.3 Å². The number of nitrogens with zero attached hydrogens (tertiary/aromatic N) is 1. The number of carbonyl (C=O) groups excluding carboxylic acids is 2. The van der Waals surface area contributed by atoms with Gasteiger partial charge in [0.1, 0.15) is 5.82 Å².